The number of methoxy groups -OCH3 is 3. The van der Waals surface area contributed by atoms with Gasteiger partial charge in [-0.3, -0.25) is 4.79 Å². The van der Waals surface area contributed by atoms with Crippen LogP contribution in [0.15, 0.2) is 42.5 Å². The van der Waals surface area contributed by atoms with Crippen molar-refractivity contribution >= 4 is 5.91 Å². The molecule has 3 atom stereocenters. The highest BCUT2D eigenvalue weighted by molar-refractivity contribution is 5.97. The van der Waals surface area contributed by atoms with Gasteiger partial charge in [-0.1, -0.05) is 25.0 Å². The summed E-state index contributed by atoms with van der Waals surface area (Å²) >= 11 is 0. The van der Waals surface area contributed by atoms with Gasteiger partial charge in [0.2, 0.25) is 0 Å². The quantitative estimate of drug-likeness (QED) is 0.777. The predicted molar refractivity (Wildman–Crippen MR) is 118 cm³/mol. The van der Waals surface area contributed by atoms with Crippen molar-refractivity contribution in [3.63, 3.8) is 0 Å². The summed E-state index contributed by atoms with van der Waals surface area (Å²) in [7, 11) is 4.83. The van der Waals surface area contributed by atoms with Gasteiger partial charge in [-0.25, -0.2) is 0 Å². The van der Waals surface area contributed by atoms with Gasteiger partial charge in [-0.15, -0.1) is 0 Å². The van der Waals surface area contributed by atoms with Gasteiger partial charge >= 0.3 is 0 Å². The van der Waals surface area contributed by atoms with E-state index >= 15 is 0 Å². The number of hydrogen-bond donors (Lipinski definition) is 1. The fourth-order valence-electron chi connectivity index (χ4n) is 5.34. The predicted octanol–water partition coefficient (Wildman–Crippen LogP) is 4.22. The minimum atomic E-state index is -0.783. The monoisotopic (exact) mass is 425 g/mol. The van der Waals surface area contributed by atoms with E-state index in [1.807, 2.05) is 35.2 Å². The summed E-state index contributed by atoms with van der Waals surface area (Å²) < 4.78 is 16.6. The fraction of sp³-hybridized carbons (Fsp3) is 0.480. The number of nitrogens with zero attached hydrogens (tertiary/aromatic N) is 1. The first kappa shape index (κ1) is 21.5. The lowest BCUT2D eigenvalue weighted by molar-refractivity contribution is -0.115. The molecule has 2 aromatic rings. The van der Waals surface area contributed by atoms with Gasteiger partial charge in [0.1, 0.15) is 17.2 Å². The maximum absolute atomic E-state index is 13.8. The average molecular weight is 426 g/mol. The maximum atomic E-state index is 13.8. The molecule has 6 heteroatoms. The van der Waals surface area contributed by atoms with Crippen molar-refractivity contribution < 1.29 is 24.1 Å². The Morgan fingerprint density at radius 1 is 1.00 bits per heavy atom. The van der Waals surface area contributed by atoms with Crippen LogP contribution < -0.4 is 14.2 Å². The lowest BCUT2D eigenvalue weighted by Crippen LogP contribution is -2.56. The molecule has 1 aliphatic heterocycles. The van der Waals surface area contributed by atoms with E-state index in [2.05, 4.69) is 0 Å². The van der Waals surface area contributed by atoms with Gasteiger partial charge in [0.05, 0.1) is 38.5 Å². The first-order chi connectivity index (χ1) is 15.0. The number of aliphatic hydroxyl groups is 1. The molecule has 6 nitrogen and oxygen atoms in total. The summed E-state index contributed by atoms with van der Waals surface area (Å²) in [6.45, 7) is 0.467. The Bertz CT molecular complexity index is 945. The van der Waals surface area contributed by atoms with Crippen LogP contribution in [0.4, 0.5) is 0 Å². The highest BCUT2D eigenvalue weighted by atomic mass is 16.5. The van der Waals surface area contributed by atoms with Crippen molar-refractivity contribution in [3.8, 4) is 17.2 Å². The average Bonchev–Trinajstić information content (AvgIpc) is 2.82. The van der Waals surface area contributed by atoms with Gasteiger partial charge in [0.25, 0.3) is 5.91 Å². The van der Waals surface area contributed by atoms with Crippen LogP contribution in [0.2, 0.25) is 0 Å². The second kappa shape index (κ2) is 8.79. The molecule has 0 radical (unpaired) electrons. The summed E-state index contributed by atoms with van der Waals surface area (Å²) in [5.74, 6) is 1.77. The molecule has 4 rings (SSSR count). The molecule has 2 fully saturated rings. The van der Waals surface area contributed by atoms with E-state index in [-0.39, 0.29) is 17.9 Å². The highest BCUT2D eigenvalue weighted by Crippen LogP contribution is 2.51. The summed E-state index contributed by atoms with van der Waals surface area (Å²) in [5, 5.41) is 11.5. The standard InChI is InChI=1S/C25H31NO5/c1-29-17-11-12-22(31-3)19(16-17)23-20-9-6-7-13-25(20,28)14-15-26(23)24(27)18-8-4-5-10-21(18)30-2/h4-5,8,10-12,16,20,23,28H,6-7,9,13-15H2,1-3H3/t20-,23-,25+/m1/s1. The van der Waals surface area contributed by atoms with E-state index in [1.54, 1.807) is 33.5 Å². The van der Waals surface area contributed by atoms with Crippen LogP contribution in [0.5, 0.6) is 17.2 Å². The third kappa shape index (κ3) is 3.85. The third-order valence-corrected chi connectivity index (χ3v) is 6.92. The van der Waals surface area contributed by atoms with Crippen LogP contribution in [0.1, 0.15) is 54.1 Å². The molecule has 2 aliphatic rings. The zero-order valence-electron chi connectivity index (χ0n) is 18.5. The molecule has 1 heterocycles. The smallest absolute Gasteiger partial charge is 0.258 e. The zero-order valence-corrected chi connectivity index (χ0v) is 18.5. The molecule has 0 unspecified atom stereocenters. The van der Waals surface area contributed by atoms with Gasteiger partial charge in [0.15, 0.2) is 0 Å². The van der Waals surface area contributed by atoms with Crippen molar-refractivity contribution in [1.82, 2.24) is 4.90 Å². The van der Waals surface area contributed by atoms with E-state index < -0.39 is 5.60 Å². The SMILES string of the molecule is COc1ccc(OC)c([C@@H]2[C@H]3CCCC[C@]3(O)CCN2C(=O)c2ccccc2OC)c1. The molecule has 1 N–H and O–H groups in total. The van der Waals surface area contributed by atoms with Crippen molar-refractivity contribution in [2.75, 3.05) is 27.9 Å². The van der Waals surface area contributed by atoms with E-state index in [1.165, 1.54) is 0 Å². The third-order valence-electron chi connectivity index (χ3n) is 6.92. The summed E-state index contributed by atoms with van der Waals surface area (Å²) in [5.41, 5.74) is 0.613. The van der Waals surface area contributed by atoms with Gasteiger partial charge in [-0.2, -0.15) is 0 Å². The topological polar surface area (TPSA) is 68.2 Å². The van der Waals surface area contributed by atoms with Crippen LogP contribution >= 0.6 is 0 Å². The molecule has 31 heavy (non-hydrogen) atoms. The minimum absolute atomic E-state index is 0.0744. The molecule has 0 spiro atoms. The van der Waals surface area contributed by atoms with E-state index in [0.717, 1.165) is 31.2 Å². The molecule has 1 saturated carbocycles. The number of rotatable bonds is 5. The minimum Gasteiger partial charge on any atom is -0.497 e. The van der Waals surface area contributed by atoms with Gasteiger partial charge in [0, 0.05) is 18.0 Å². The second-order valence-corrected chi connectivity index (χ2v) is 8.46. The number of amides is 1. The Kier molecular flexibility index (Phi) is 6.10. The number of carbonyl (C=O) groups is 1. The summed E-state index contributed by atoms with van der Waals surface area (Å²) in [4.78, 5) is 15.7. The Hall–Kier alpha value is -2.73. The van der Waals surface area contributed by atoms with E-state index in [0.29, 0.717) is 35.8 Å². The number of hydrogen-bond acceptors (Lipinski definition) is 5. The number of ether oxygens (including phenoxy) is 3. The lowest BCUT2D eigenvalue weighted by atomic mass is 9.66. The van der Waals surface area contributed by atoms with Gasteiger partial charge < -0.3 is 24.2 Å². The fourth-order valence-corrected chi connectivity index (χ4v) is 5.34. The normalized spacial score (nSPS) is 25.5. The van der Waals surface area contributed by atoms with Crippen LogP contribution in [0.3, 0.4) is 0 Å². The van der Waals surface area contributed by atoms with Crippen molar-refractivity contribution in [2.24, 2.45) is 5.92 Å². The Morgan fingerprint density at radius 3 is 2.52 bits per heavy atom. The summed E-state index contributed by atoms with van der Waals surface area (Å²) in [6.07, 6.45) is 4.23. The first-order valence-electron chi connectivity index (χ1n) is 10.9. The molecule has 1 saturated heterocycles. The second-order valence-electron chi connectivity index (χ2n) is 8.46. The zero-order chi connectivity index (χ0) is 22.0. The van der Waals surface area contributed by atoms with Gasteiger partial charge in [-0.05, 0) is 49.6 Å². The maximum Gasteiger partial charge on any atom is 0.258 e. The number of fused-ring (bicyclic) bond motifs is 1. The number of piperidine rings is 1. The molecule has 0 bridgehead atoms. The molecular weight excluding hydrogens is 394 g/mol. The Balaban J connectivity index is 1.84. The van der Waals surface area contributed by atoms with Crippen LogP contribution in [0, 0.1) is 5.92 Å². The summed E-state index contributed by atoms with van der Waals surface area (Å²) in [6, 6.07) is 12.6. The molecular formula is C25H31NO5. The van der Waals surface area contributed by atoms with Crippen molar-refractivity contribution in [3.05, 3.63) is 53.6 Å². The molecule has 0 aromatic heterocycles. The molecule has 1 aliphatic carbocycles. The Morgan fingerprint density at radius 2 is 1.77 bits per heavy atom. The van der Waals surface area contributed by atoms with Crippen LogP contribution in [-0.4, -0.2) is 49.4 Å². The van der Waals surface area contributed by atoms with E-state index in [4.69, 9.17) is 14.2 Å². The Labute approximate surface area is 183 Å². The van der Waals surface area contributed by atoms with Crippen LogP contribution in [0.25, 0.3) is 0 Å². The number of para-hydroxylation sites is 1. The number of likely N-dealkylation sites (tertiary alicyclic amines) is 1. The molecule has 166 valence electrons. The van der Waals surface area contributed by atoms with Crippen molar-refractivity contribution in [2.45, 2.75) is 43.7 Å². The number of carbonyl (C=O) groups excluding carboxylic acids is 1. The lowest BCUT2D eigenvalue weighted by Gasteiger charge is -2.52. The first-order valence-corrected chi connectivity index (χ1v) is 10.9. The highest BCUT2D eigenvalue weighted by Gasteiger charge is 2.51. The van der Waals surface area contributed by atoms with Crippen molar-refractivity contribution in [1.29, 1.82) is 0 Å². The largest absolute Gasteiger partial charge is 0.497 e. The van der Waals surface area contributed by atoms with Crippen LogP contribution in [-0.2, 0) is 0 Å². The molecule has 1 amide bonds. The number of benzene rings is 2. The van der Waals surface area contributed by atoms with E-state index in [9.17, 15) is 9.90 Å². The molecule has 2 aromatic carbocycles.